The Morgan fingerprint density at radius 2 is 0.731 bits per heavy atom. The minimum Gasteiger partial charge on any atom is -0.756 e. The highest BCUT2D eigenvalue weighted by Gasteiger charge is 2.22. The number of esters is 2. The molecule has 0 amide bonds. The van der Waals surface area contributed by atoms with Crippen LogP contribution in [0.4, 0.5) is 0 Å². The Hall–Kier alpha value is -3.59. The summed E-state index contributed by atoms with van der Waals surface area (Å²) in [4.78, 5) is 37.9. The summed E-state index contributed by atoms with van der Waals surface area (Å²) in [6, 6.07) is 0. The lowest BCUT2D eigenvalue weighted by Crippen LogP contribution is -2.37. The van der Waals surface area contributed by atoms with Crippen molar-refractivity contribution in [1.29, 1.82) is 0 Å². The molecule has 0 saturated heterocycles. The average molecular weight is 1110 g/mol. The van der Waals surface area contributed by atoms with Crippen LogP contribution in [0.15, 0.2) is 122 Å². The lowest BCUT2D eigenvalue weighted by Gasteiger charge is -2.28. The summed E-state index contributed by atoms with van der Waals surface area (Å²) in [5, 5.41) is 0. The molecule has 0 aliphatic heterocycles. The number of ether oxygens (including phenoxy) is 2. The van der Waals surface area contributed by atoms with Crippen molar-refractivity contribution in [3.05, 3.63) is 122 Å². The van der Waals surface area contributed by atoms with Gasteiger partial charge in [-0.25, -0.2) is 0 Å². The number of quaternary nitrogens is 1. The zero-order valence-electron chi connectivity index (χ0n) is 50.6. The van der Waals surface area contributed by atoms with Crippen LogP contribution in [-0.4, -0.2) is 70.0 Å². The summed E-state index contributed by atoms with van der Waals surface area (Å²) < 4.78 is 34.2. The van der Waals surface area contributed by atoms with Crippen LogP contribution >= 0.6 is 7.82 Å². The van der Waals surface area contributed by atoms with Gasteiger partial charge in [0.2, 0.25) is 0 Å². The molecule has 0 aromatic carbocycles. The molecule has 0 spiro atoms. The second-order valence-corrected chi connectivity index (χ2v) is 23.1. The van der Waals surface area contributed by atoms with Crippen LogP contribution in [-0.2, 0) is 32.7 Å². The Kier molecular flexibility index (Phi) is 55.4. The van der Waals surface area contributed by atoms with Crippen LogP contribution in [0.3, 0.4) is 0 Å². The molecule has 9 nitrogen and oxygen atoms in total. The molecule has 0 bridgehead atoms. The van der Waals surface area contributed by atoms with Gasteiger partial charge < -0.3 is 27.9 Å². The molecule has 0 N–H and O–H groups in total. The van der Waals surface area contributed by atoms with Gasteiger partial charge in [0.25, 0.3) is 7.82 Å². The predicted molar refractivity (Wildman–Crippen MR) is 332 cm³/mol. The summed E-state index contributed by atoms with van der Waals surface area (Å²) in [6.07, 6.45) is 82.5. The van der Waals surface area contributed by atoms with E-state index in [1.807, 2.05) is 21.1 Å². The van der Waals surface area contributed by atoms with E-state index in [2.05, 4.69) is 135 Å². The summed E-state index contributed by atoms with van der Waals surface area (Å²) in [6.45, 7) is 4.08. The van der Waals surface area contributed by atoms with Crippen LogP contribution < -0.4 is 4.89 Å². The van der Waals surface area contributed by atoms with Crippen LogP contribution in [0.2, 0.25) is 0 Å². The van der Waals surface area contributed by atoms with Gasteiger partial charge in [-0.3, -0.25) is 14.2 Å². The molecule has 2 atom stereocenters. The molecule has 446 valence electrons. The molecule has 0 aromatic rings. The number of phosphoric ester groups is 1. The van der Waals surface area contributed by atoms with Gasteiger partial charge in [0.05, 0.1) is 27.7 Å². The van der Waals surface area contributed by atoms with E-state index < -0.39 is 32.5 Å². The predicted octanol–water partition coefficient (Wildman–Crippen LogP) is 19.3. The van der Waals surface area contributed by atoms with E-state index in [1.165, 1.54) is 103 Å². The van der Waals surface area contributed by atoms with Crippen molar-refractivity contribution in [1.82, 2.24) is 0 Å². The fraction of sp³-hybridized carbons (Fsp3) is 0.676. The van der Waals surface area contributed by atoms with E-state index in [0.717, 1.165) is 109 Å². The van der Waals surface area contributed by atoms with Crippen molar-refractivity contribution < 1.29 is 42.1 Å². The maximum absolute atomic E-state index is 12.8. The summed E-state index contributed by atoms with van der Waals surface area (Å²) in [5.74, 6) is -0.848. The Bertz CT molecular complexity index is 1730. The highest BCUT2D eigenvalue weighted by Crippen LogP contribution is 2.38. The van der Waals surface area contributed by atoms with Gasteiger partial charge in [-0.1, -0.05) is 245 Å². The van der Waals surface area contributed by atoms with Crippen molar-refractivity contribution in [2.75, 3.05) is 47.5 Å². The zero-order chi connectivity index (χ0) is 57.0. The number of likely N-dealkylation sites (N-methyl/N-ethyl adjacent to an activating group) is 1. The molecular weight excluding hydrogens is 990 g/mol. The van der Waals surface area contributed by atoms with Gasteiger partial charge in [-0.2, -0.15) is 0 Å². The normalized spacial score (nSPS) is 14.1. The van der Waals surface area contributed by atoms with Crippen LogP contribution in [0.25, 0.3) is 0 Å². The number of phosphoric acid groups is 1. The van der Waals surface area contributed by atoms with Crippen molar-refractivity contribution in [3.8, 4) is 0 Å². The Labute approximate surface area is 479 Å². The highest BCUT2D eigenvalue weighted by molar-refractivity contribution is 7.45. The third-order valence-electron chi connectivity index (χ3n) is 13.0. The molecule has 0 rings (SSSR count). The molecule has 0 heterocycles. The van der Waals surface area contributed by atoms with Gasteiger partial charge in [-0.15, -0.1) is 0 Å². The average Bonchev–Trinajstić information content (AvgIpc) is 3.41. The first-order valence-electron chi connectivity index (χ1n) is 31.2. The fourth-order valence-electron chi connectivity index (χ4n) is 8.17. The van der Waals surface area contributed by atoms with E-state index in [1.54, 1.807) is 0 Å². The topological polar surface area (TPSA) is 111 Å². The van der Waals surface area contributed by atoms with Gasteiger partial charge in [0, 0.05) is 12.8 Å². The smallest absolute Gasteiger partial charge is 0.306 e. The van der Waals surface area contributed by atoms with Gasteiger partial charge in [-0.05, 0) is 109 Å². The number of rotatable bonds is 56. The molecule has 10 heteroatoms. The van der Waals surface area contributed by atoms with Crippen molar-refractivity contribution in [3.63, 3.8) is 0 Å². The second-order valence-electron chi connectivity index (χ2n) is 21.7. The first-order valence-corrected chi connectivity index (χ1v) is 32.7. The lowest BCUT2D eigenvalue weighted by atomic mass is 10.0. The number of unbranched alkanes of at least 4 members (excludes halogenated alkanes) is 22. The maximum atomic E-state index is 12.8. The highest BCUT2D eigenvalue weighted by atomic mass is 31.2. The lowest BCUT2D eigenvalue weighted by molar-refractivity contribution is -0.870. The van der Waals surface area contributed by atoms with E-state index in [9.17, 15) is 19.0 Å². The number of hydrogen-bond acceptors (Lipinski definition) is 8. The van der Waals surface area contributed by atoms with E-state index in [4.69, 9.17) is 18.5 Å². The molecule has 0 aliphatic carbocycles. The van der Waals surface area contributed by atoms with Crippen LogP contribution in [0.5, 0.6) is 0 Å². The molecule has 0 radical (unpaired) electrons. The number of allylic oxidation sites excluding steroid dienone is 20. The molecule has 2 unspecified atom stereocenters. The first kappa shape index (κ1) is 74.4. The quantitative estimate of drug-likeness (QED) is 0.0195. The largest absolute Gasteiger partial charge is 0.756 e. The molecule has 0 saturated carbocycles. The van der Waals surface area contributed by atoms with Gasteiger partial charge >= 0.3 is 11.9 Å². The van der Waals surface area contributed by atoms with Crippen molar-refractivity contribution in [2.24, 2.45) is 0 Å². The minimum atomic E-state index is -4.65. The molecule has 0 fully saturated rings. The molecule has 78 heavy (non-hydrogen) atoms. The SMILES string of the molecule is CC/C=C\C/C=C\C/C=C\C/C=C\C/C=C\C/C=C\C/C=C\C/C=C\CCCCCCCCCCCCCCC(=O)OC(COC(=O)CCCCCCCCC/C=C\C/C=C\CCCCC)COP(=O)([O-])OCC[N+](C)(C)C. The van der Waals surface area contributed by atoms with Gasteiger partial charge in [0.15, 0.2) is 6.10 Å². The minimum absolute atomic E-state index is 0.0375. The molecule has 0 aliphatic rings. The summed E-state index contributed by atoms with van der Waals surface area (Å²) >= 11 is 0. The fourth-order valence-corrected chi connectivity index (χ4v) is 8.90. The Morgan fingerprint density at radius 3 is 1.09 bits per heavy atom. The monoisotopic (exact) mass is 1110 g/mol. The van der Waals surface area contributed by atoms with Crippen molar-refractivity contribution >= 4 is 19.8 Å². The third-order valence-corrected chi connectivity index (χ3v) is 13.9. The number of carbonyl (C=O) groups is 2. The third kappa shape index (κ3) is 61.6. The van der Waals surface area contributed by atoms with Crippen LogP contribution in [0.1, 0.15) is 245 Å². The van der Waals surface area contributed by atoms with E-state index in [0.29, 0.717) is 17.4 Å². The van der Waals surface area contributed by atoms with Crippen LogP contribution in [0, 0.1) is 0 Å². The molecule has 0 aromatic heterocycles. The van der Waals surface area contributed by atoms with Gasteiger partial charge in [0.1, 0.15) is 19.8 Å². The second kappa shape index (κ2) is 58.1. The first-order chi connectivity index (χ1) is 38.0. The number of hydrogen-bond donors (Lipinski definition) is 0. The zero-order valence-corrected chi connectivity index (χ0v) is 51.5. The number of carbonyl (C=O) groups excluding carboxylic acids is 2. The molecular formula is C68H116NO8P. The summed E-state index contributed by atoms with van der Waals surface area (Å²) in [5.41, 5.74) is 0. The summed E-state index contributed by atoms with van der Waals surface area (Å²) in [7, 11) is 1.15. The van der Waals surface area contributed by atoms with E-state index >= 15 is 0 Å². The van der Waals surface area contributed by atoms with Crippen molar-refractivity contribution in [2.45, 2.75) is 251 Å². The number of nitrogens with zero attached hydrogens (tertiary/aromatic N) is 1. The van der Waals surface area contributed by atoms with E-state index in [-0.39, 0.29) is 26.1 Å². The standard InChI is InChI=1S/C68H116NO8P/c1-6-8-10-12-14-16-18-20-22-24-25-26-27-28-29-30-31-32-33-34-35-36-37-38-39-40-41-42-43-45-47-49-51-53-55-57-59-61-68(71)77-66(65-76-78(72,73)75-63-62-69(3,4)5)64-74-67(70)60-58-56-54-52-50-48-46-44-23-21-19-17-15-13-11-9-7-2/h8,10,14-17,20-23,25-26,28-29,31-32,34-35,37-38,66H,6-7,9,11-13,18-19,24,27,30,33,36,39-65H2,1-5H3/b10-8-,16-14-,17-15-,22-20-,23-21-,26-25-,29-28-,32-31-,35-34-,38-37-. The maximum Gasteiger partial charge on any atom is 0.306 e. The Morgan fingerprint density at radius 1 is 0.410 bits per heavy atom. The Balaban J connectivity index is 4.10.